The number of hydrogen-bond donors (Lipinski definition) is 1. The first-order valence-corrected chi connectivity index (χ1v) is 8.98. The Morgan fingerprint density at radius 3 is 2.83 bits per heavy atom. The summed E-state index contributed by atoms with van der Waals surface area (Å²) in [6.45, 7) is 0.979. The van der Waals surface area contributed by atoms with Crippen molar-refractivity contribution < 1.29 is 8.42 Å². The van der Waals surface area contributed by atoms with Crippen LogP contribution in [0.2, 0.25) is 0 Å². The summed E-state index contributed by atoms with van der Waals surface area (Å²) in [5.41, 5.74) is 2.27. The van der Waals surface area contributed by atoms with Gasteiger partial charge in [0.15, 0.2) is 0 Å². The highest BCUT2D eigenvalue weighted by atomic mass is 32.2. The summed E-state index contributed by atoms with van der Waals surface area (Å²) >= 11 is 0. The van der Waals surface area contributed by atoms with Crippen LogP contribution in [0.3, 0.4) is 0 Å². The highest BCUT2D eigenvalue weighted by Crippen LogP contribution is 2.13. The quantitative estimate of drug-likeness (QED) is 0.697. The van der Waals surface area contributed by atoms with Crippen LogP contribution in [0, 0.1) is 11.3 Å². The Hall–Kier alpha value is -2.69. The molecular formula is C17H16N4O2S. The number of benzene rings is 2. The van der Waals surface area contributed by atoms with E-state index in [4.69, 9.17) is 5.26 Å². The van der Waals surface area contributed by atoms with Crippen molar-refractivity contribution >= 4 is 21.1 Å². The average Bonchev–Trinajstić information content (AvgIpc) is 3.02. The lowest BCUT2D eigenvalue weighted by molar-refractivity contribution is 0.571. The summed E-state index contributed by atoms with van der Waals surface area (Å²) < 4.78 is 29.0. The topological polar surface area (TPSA) is 87.8 Å². The third-order valence-electron chi connectivity index (χ3n) is 3.67. The molecular weight excluding hydrogens is 324 g/mol. The molecule has 3 aromatic rings. The normalized spacial score (nSPS) is 11.5. The van der Waals surface area contributed by atoms with Crippen LogP contribution in [-0.4, -0.2) is 24.5 Å². The molecule has 3 rings (SSSR count). The Bertz CT molecular complexity index is 1000. The summed E-state index contributed by atoms with van der Waals surface area (Å²) in [6.07, 6.45) is 2.40. The molecule has 0 saturated carbocycles. The molecule has 24 heavy (non-hydrogen) atoms. The van der Waals surface area contributed by atoms with Gasteiger partial charge >= 0.3 is 0 Å². The number of fused-ring (bicyclic) bond motifs is 1. The molecule has 0 amide bonds. The van der Waals surface area contributed by atoms with Gasteiger partial charge in [-0.1, -0.05) is 18.2 Å². The van der Waals surface area contributed by atoms with Crippen LogP contribution >= 0.6 is 0 Å². The van der Waals surface area contributed by atoms with Gasteiger partial charge in [0.1, 0.15) is 0 Å². The van der Waals surface area contributed by atoms with Crippen molar-refractivity contribution in [1.29, 1.82) is 5.26 Å². The van der Waals surface area contributed by atoms with E-state index in [0.717, 1.165) is 11.0 Å². The highest BCUT2D eigenvalue weighted by Gasteiger charge is 2.13. The minimum atomic E-state index is -3.60. The third kappa shape index (κ3) is 3.45. The maximum Gasteiger partial charge on any atom is 0.240 e. The number of sulfonamides is 1. The zero-order valence-electron chi connectivity index (χ0n) is 12.9. The number of aromatic nitrogens is 2. The van der Waals surface area contributed by atoms with Crippen molar-refractivity contribution in [2.75, 3.05) is 6.54 Å². The van der Waals surface area contributed by atoms with E-state index < -0.39 is 10.0 Å². The Morgan fingerprint density at radius 2 is 2.00 bits per heavy atom. The summed E-state index contributed by atoms with van der Waals surface area (Å²) in [5.74, 6) is 0. The summed E-state index contributed by atoms with van der Waals surface area (Å²) in [5, 5.41) is 8.86. The van der Waals surface area contributed by atoms with Gasteiger partial charge in [-0.25, -0.2) is 18.1 Å². The second kappa shape index (κ2) is 6.83. The molecule has 0 aliphatic heterocycles. The van der Waals surface area contributed by atoms with Crippen molar-refractivity contribution in [3.05, 3.63) is 60.4 Å². The van der Waals surface area contributed by atoms with E-state index in [9.17, 15) is 8.42 Å². The maximum atomic E-state index is 12.2. The molecule has 6 nitrogen and oxygen atoms in total. The van der Waals surface area contributed by atoms with E-state index in [1.807, 2.05) is 34.9 Å². The van der Waals surface area contributed by atoms with Crippen molar-refractivity contribution in [1.82, 2.24) is 14.3 Å². The predicted molar refractivity (Wildman–Crippen MR) is 90.7 cm³/mol. The predicted octanol–water partition coefficient (Wildman–Crippen LogP) is 2.28. The average molecular weight is 340 g/mol. The number of rotatable bonds is 6. The molecule has 0 aliphatic rings. The minimum absolute atomic E-state index is 0.106. The van der Waals surface area contributed by atoms with Gasteiger partial charge in [0, 0.05) is 13.1 Å². The van der Waals surface area contributed by atoms with Gasteiger partial charge in [-0.15, -0.1) is 0 Å². The second-order valence-electron chi connectivity index (χ2n) is 5.32. The van der Waals surface area contributed by atoms with Crippen molar-refractivity contribution in [3.8, 4) is 6.07 Å². The van der Waals surface area contributed by atoms with E-state index in [0.29, 0.717) is 25.1 Å². The SMILES string of the molecule is N#Cc1cccc(S(=O)(=O)NCCCn2cnc3ccccc32)c1. The first kappa shape index (κ1) is 16.2. The molecule has 0 atom stereocenters. The highest BCUT2D eigenvalue weighted by molar-refractivity contribution is 7.89. The zero-order chi connectivity index (χ0) is 17.0. The molecule has 122 valence electrons. The van der Waals surface area contributed by atoms with Gasteiger partial charge in [-0.3, -0.25) is 0 Å². The van der Waals surface area contributed by atoms with Gasteiger partial charge in [-0.05, 0) is 36.8 Å². The molecule has 7 heteroatoms. The van der Waals surface area contributed by atoms with Crippen LogP contribution < -0.4 is 4.72 Å². The van der Waals surface area contributed by atoms with E-state index in [2.05, 4.69) is 9.71 Å². The summed E-state index contributed by atoms with van der Waals surface area (Å²) in [7, 11) is -3.60. The van der Waals surface area contributed by atoms with Crippen LogP contribution in [0.4, 0.5) is 0 Å². The lowest BCUT2D eigenvalue weighted by Crippen LogP contribution is -2.25. The van der Waals surface area contributed by atoms with E-state index in [1.165, 1.54) is 12.1 Å². The van der Waals surface area contributed by atoms with Crippen LogP contribution in [0.1, 0.15) is 12.0 Å². The molecule has 0 bridgehead atoms. The lowest BCUT2D eigenvalue weighted by Gasteiger charge is -2.08. The van der Waals surface area contributed by atoms with Gasteiger partial charge in [0.05, 0.1) is 33.9 Å². The number of aryl methyl sites for hydroxylation is 1. The van der Waals surface area contributed by atoms with E-state index in [-0.39, 0.29) is 4.90 Å². The summed E-state index contributed by atoms with van der Waals surface area (Å²) in [4.78, 5) is 4.41. The molecule has 0 fully saturated rings. The molecule has 1 heterocycles. The van der Waals surface area contributed by atoms with Gasteiger partial charge in [-0.2, -0.15) is 5.26 Å². The Morgan fingerprint density at radius 1 is 1.17 bits per heavy atom. The molecule has 0 unspecified atom stereocenters. The molecule has 0 saturated heterocycles. The van der Waals surface area contributed by atoms with E-state index in [1.54, 1.807) is 18.5 Å². The van der Waals surface area contributed by atoms with Crippen LogP contribution in [-0.2, 0) is 16.6 Å². The Kier molecular flexibility index (Phi) is 4.60. The van der Waals surface area contributed by atoms with Crippen LogP contribution in [0.5, 0.6) is 0 Å². The second-order valence-corrected chi connectivity index (χ2v) is 7.08. The molecule has 1 N–H and O–H groups in total. The Balaban J connectivity index is 1.60. The molecule has 0 aliphatic carbocycles. The first-order chi connectivity index (χ1) is 11.6. The van der Waals surface area contributed by atoms with Crippen molar-refractivity contribution in [2.45, 2.75) is 17.9 Å². The fourth-order valence-corrected chi connectivity index (χ4v) is 3.58. The standard InChI is InChI=1S/C17H16N4O2S/c18-12-14-5-3-6-15(11-14)24(22,23)20-9-4-10-21-13-19-16-7-1-2-8-17(16)21/h1-3,5-8,11,13,20H,4,9-10H2. The lowest BCUT2D eigenvalue weighted by atomic mass is 10.2. The van der Waals surface area contributed by atoms with Crippen LogP contribution in [0.15, 0.2) is 59.8 Å². The summed E-state index contributed by atoms with van der Waals surface area (Å²) in [6, 6.07) is 15.7. The molecule has 1 aromatic heterocycles. The number of nitrogens with zero attached hydrogens (tertiary/aromatic N) is 3. The van der Waals surface area contributed by atoms with E-state index >= 15 is 0 Å². The number of para-hydroxylation sites is 2. The van der Waals surface area contributed by atoms with Gasteiger partial charge in [0.2, 0.25) is 10.0 Å². The largest absolute Gasteiger partial charge is 0.331 e. The molecule has 0 radical (unpaired) electrons. The minimum Gasteiger partial charge on any atom is -0.331 e. The smallest absolute Gasteiger partial charge is 0.240 e. The molecule has 2 aromatic carbocycles. The monoisotopic (exact) mass is 340 g/mol. The first-order valence-electron chi connectivity index (χ1n) is 7.50. The fraction of sp³-hybridized carbons (Fsp3) is 0.176. The Labute approximate surface area is 140 Å². The van der Waals surface area contributed by atoms with Gasteiger partial charge < -0.3 is 4.57 Å². The number of hydrogen-bond acceptors (Lipinski definition) is 4. The van der Waals surface area contributed by atoms with Crippen LogP contribution in [0.25, 0.3) is 11.0 Å². The van der Waals surface area contributed by atoms with Crippen molar-refractivity contribution in [2.24, 2.45) is 0 Å². The van der Waals surface area contributed by atoms with Crippen molar-refractivity contribution in [3.63, 3.8) is 0 Å². The third-order valence-corrected chi connectivity index (χ3v) is 5.13. The molecule has 0 spiro atoms. The zero-order valence-corrected chi connectivity index (χ0v) is 13.7. The number of nitriles is 1. The van der Waals surface area contributed by atoms with Gasteiger partial charge in [0.25, 0.3) is 0 Å². The fourth-order valence-electron chi connectivity index (χ4n) is 2.46. The number of nitrogens with one attached hydrogen (secondary N) is 1. The number of imidazole rings is 1. The maximum absolute atomic E-state index is 12.2.